The molecule has 0 aromatic heterocycles. The molecule has 1 aromatic rings. The topological polar surface area (TPSA) is 35.2 Å². The van der Waals surface area contributed by atoms with E-state index in [1.807, 2.05) is 0 Å². The molecule has 1 aromatic carbocycles. The predicted octanol–water partition coefficient (Wildman–Crippen LogP) is 2.63. The third-order valence-electron chi connectivity index (χ3n) is 2.42. The zero-order valence-electron chi connectivity index (χ0n) is 8.99. The second-order valence-corrected chi connectivity index (χ2v) is 3.46. The maximum atomic E-state index is 5.54. The number of methoxy groups -OCH3 is 1. The highest BCUT2D eigenvalue weighted by molar-refractivity contribution is 5.24. The Kier molecular flexibility index (Phi) is 4.63. The first-order valence-corrected chi connectivity index (χ1v) is 5.13. The zero-order chi connectivity index (χ0) is 10.4. The van der Waals surface area contributed by atoms with E-state index in [0.717, 1.165) is 12.8 Å². The summed E-state index contributed by atoms with van der Waals surface area (Å²) in [5.74, 6) is 0. The molecule has 0 aliphatic carbocycles. The van der Waals surface area contributed by atoms with Crippen LogP contribution in [0, 0.1) is 0 Å². The van der Waals surface area contributed by atoms with Crippen molar-refractivity contribution in [1.82, 2.24) is 0 Å². The maximum Gasteiger partial charge on any atom is 0.0821 e. The summed E-state index contributed by atoms with van der Waals surface area (Å²) in [4.78, 5) is 0. The molecule has 0 amide bonds. The van der Waals surface area contributed by atoms with E-state index in [2.05, 4.69) is 31.2 Å². The zero-order valence-corrected chi connectivity index (χ0v) is 8.99. The molecule has 1 atom stereocenters. The molecule has 0 radical (unpaired) electrons. The standard InChI is InChI=1S/C12H19NO/c1-3-4-12(14-2)11-7-5-10(9-13)6-8-11/h5-8,12H,3-4,9,13H2,1-2H3. The molecule has 78 valence electrons. The Labute approximate surface area is 86.1 Å². The number of benzene rings is 1. The fraction of sp³-hybridized carbons (Fsp3) is 0.500. The van der Waals surface area contributed by atoms with Gasteiger partial charge in [0.15, 0.2) is 0 Å². The molecule has 0 aliphatic rings. The van der Waals surface area contributed by atoms with Crippen LogP contribution in [0.25, 0.3) is 0 Å². The summed E-state index contributed by atoms with van der Waals surface area (Å²) in [6.45, 7) is 2.77. The van der Waals surface area contributed by atoms with Crippen molar-refractivity contribution in [3.05, 3.63) is 35.4 Å². The van der Waals surface area contributed by atoms with Crippen molar-refractivity contribution in [2.45, 2.75) is 32.4 Å². The van der Waals surface area contributed by atoms with E-state index in [9.17, 15) is 0 Å². The van der Waals surface area contributed by atoms with Gasteiger partial charge >= 0.3 is 0 Å². The highest BCUT2D eigenvalue weighted by Gasteiger charge is 2.08. The smallest absolute Gasteiger partial charge is 0.0821 e. The first kappa shape index (κ1) is 11.2. The largest absolute Gasteiger partial charge is 0.377 e. The van der Waals surface area contributed by atoms with Gasteiger partial charge in [-0.15, -0.1) is 0 Å². The van der Waals surface area contributed by atoms with Gasteiger partial charge in [-0.3, -0.25) is 0 Å². The molecule has 1 rings (SSSR count). The van der Waals surface area contributed by atoms with E-state index in [0.29, 0.717) is 6.54 Å². The SMILES string of the molecule is CCCC(OC)c1ccc(CN)cc1. The van der Waals surface area contributed by atoms with E-state index in [-0.39, 0.29) is 6.10 Å². The molecule has 14 heavy (non-hydrogen) atoms. The molecule has 0 spiro atoms. The minimum Gasteiger partial charge on any atom is -0.377 e. The van der Waals surface area contributed by atoms with Gasteiger partial charge in [-0.2, -0.15) is 0 Å². The van der Waals surface area contributed by atoms with Gasteiger partial charge in [0.05, 0.1) is 6.10 Å². The van der Waals surface area contributed by atoms with E-state index < -0.39 is 0 Å². The molecular formula is C12H19NO. The van der Waals surface area contributed by atoms with E-state index in [4.69, 9.17) is 10.5 Å². The first-order valence-electron chi connectivity index (χ1n) is 5.13. The minimum atomic E-state index is 0.229. The third kappa shape index (κ3) is 2.82. The van der Waals surface area contributed by atoms with Crippen LogP contribution in [-0.4, -0.2) is 7.11 Å². The fourth-order valence-electron chi connectivity index (χ4n) is 1.55. The molecule has 0 saturated carbocycles. The lowest BCUT2D eigenvalue weighted by molar-refractivity contribution is 0.0950. The van der Waals surface area contributed by atoms with Crippen molar-refractivity contribution in [1.29, 1.82) is 0 Å². The Morgan fingerprint density at radius 2 is 1.93 bits per heavy atom. The highest BCUT2D eigenvalue weighted by atomic mass is 16.5. The van der Waals surface area contributed by atoms with Crippen LogP contribution in [0.3, 0.4) is 0 Å². The first-order chi connectivity index (χ1) is 6.81. The molecule has 0 saturated heterocycles. The summed E-state index contributed by atoms with van der Waals surface area (Å²) in [6, 6.07) is 8.34. The summed E-state index contributed by atoms with van der Waals surface area (Å²) >= 11 is 0. The summed E-state index contributed by atoms with van der Waals surface area (Å²) in [5, 5.41) is 0. The molecule has 2 nitrogen and oxygen atoms in total. The number of hydrogen-bond donors (Lipinski definition) is 1. The van der Waals surface area contributed by atoms with Gasteiger partial charge in [-0.25, -0.2) is 0 Å². The van der Waals surface area contributed by atoms with Crippen LogP contribution >= 0.6 is 0 Å². The van der Waals surface area contributed by atoms with Crippen LogP contribution < -0.4 is 5.73 Å². The quantitative estimate of drug-likeness (QED) is 0.780. The molecule has 0 heterocycles. The van der Waals surface area contributed by atoms with Crippen molar-refractivity contribution in [3.63, 3.8) is 0 Å². The summed E-state index contributed by atoms with van der Waals surface area (Å²) in [5.41, 5.74) is 7.94. The van der Waals surface area contributed by atoms with Crippen LogP contribution in [0.15, 0.2) is 24.3 Å². The summed E-state index contributed by atoms with van der Waals surface area (Å²) in [6.07, 6.45) is 2.43. The van der Waals surface area contributed by atoms with E-state index in [1.165, 1.54) is 11.1 Å². The predicted molar refractivity (Wildman–Crippen MR) is 59.0 cm³/mol. The summed E-state index contributed by atoms with van der Waals surface area (Å²) in [7, 11) is 1.76. The van der Waals surface area contributed by atoms with Gasteiger partial charge in [-0.05, 0) is 17.5 Å². The minimum absolute atomic E-state index is 0.229. The van der Waals surface area contributed by atoms with Crippen molar-refractivity contribution >= 4 is 0 Å². The van der Waals surface area contributed by atoms with Crippen LogP contribution in [0.2, 0.25) is 0 Å². The average molecular weight is 193 g/mol. The van der Waals surface area contributed by atoms with Gasteiger partial charge in [0.2, 0.25) is 0 Å². The Bertz CT molecular complexity index is 256. The number of ether oxygens (including phenoxy) is 1. The van der Waals surface area contributed by atoms with Gasteiger partial charge in [0.25, 0.3) is 0 Å². The fourth-order valence-corrected chi connectivity index (χ4v) is 1.55. The second-order valence-electron chi connectivity index (χ2n) is 3.46. The van der Waals surface area contributed by atoms with Crippen LogP contribution in [0.4, 0.5) is 0 Å². The van der Waals surface area contributed by atoms with Crippen molar-refractivity contribution in [3.8, 4) is 0 Å². The van der Waals surface area contributed by atoms with Gasteiger partial charge < -0.3 is 10.5 Å². The Morgan fingerprint density at radius 1 is 1.29 bits per heavy atom. The van der Waals surface area contributed by atoms with E-state index in [1.54, 1.807) is 7.11 Å². The van der Waals surface area contributed by atoms with Crippen molar-refractivity contribution in [2.75, 3.05) is 7.11 Å². The lowest BCUT2D eigenvalue weighted by Crippen LogP contribution is -2.02. The third-order valence-corrected chi connectivity index (χ3v) is 2.42. The van der Waals surface area contributed by atoms with E-state index >= 15 is 0 Å². The Hall–Kier alpha value is -0.860. The van der Waals surface area contributed by atoms with Gasteiger partial charge in [0.1, 0.15) is 0 Å². The normalized spacial score (nSPS) is 12.8. The molecular weight excluding hydrogens is 174 g/mol. The van der Waals surface area contributed by atoms with Gasteiger partial charge in [0, 0.05) is 13.7 Å². The molecule has 2 heteroatoms. The lowest BCUT2D eigenvalue weighted by Gasteiger charge is -2.14. The molecule has 1 unspecified atom stereocenters. The average Bonchev–Trinajstić information content (AvgIpc) is 2.26. The Morgan fingerprint density at radius 3 is 2.36 bits per heavy atom. The number of rotatable bonds is 5. The molecule has 0 fully saturated rings. The van der Waals surface area contributed by atoms with Crippen LogP contribution in [0.1, 0.15) is 37.0 Å². The molecule has 0 bridgehead atoms. The van der Waals surface area contributed by atoms with Gasteiger partial charge in [-0.1, -0.05) is 37.6 Å². The van der Waals surface area contributed by atoms with Crippen molar-refractivity contribution < 1.29 is 4.74 Å². The molecule has 2 N–H and O–H groups in total. The van der Waals surface area contributed by atoms with Crippen molar-refractivity contribution in [2.24, 2.45) is 5.73 Å². The van der Waals surface area contributed by atoms with Crippen LogP contribution in [-0.2, 0) is 11.3 Å². The molecule has 0 aliphatic heterocycles. The number of nitrogens with two attached hydrogens (primary N) is 1. The highest BCUT2D eigenvalue weighted by Crippen LogP contribution is 2.21. The van der Waals surface area contributed by atoms with Crippen LogP contribution in [0.5, 0.6) is 0 Å². The Balaban J connectivity index is 2.73. The monoisotopic (exact) mass is 193 g/mol. The second kappa shape index (κ2) is 5.78. The maximum absolute atomic E-state index is 5.54. The summed E-state index contributed by atoms with van der Waals surface area (Å²) < 4.78 is 5.42. The lowest BCUT2D eigenvalue weighted by atomic mass is 10.0. The number of hydrogen-bond acceptors (Lipinski definition) is 2.